The summed E-state index contributed by atoms with van der Waals surface area (Å²) in [5.41, 5.74) is 0.939. The number of rotatable bonds is 6. The van der Waals surface area contributed by atoms with Crippen LogP contribution in [0.25, 0.3) is 0 Å². The van der Waals surface area contributed by atoms with Crippen LogP contribution in [0.4, 0.5) is 4.39 Å². The Hall–Kier alpha value is -2.10. The number of hydrogen-bond donors (Lipinski definition) is 0. The fourth-order valence-corrected chi connectivity index (χ4v) is 2.62. The van der Waals surface area contributed by atoms with Crippen LogP contribution in [0.1, 0.15) is 23.5 Å². The van der Waals surface area contributed by atoms with E-state index >= 15 is 0 Å². The highest BCUT2D eigenvalue weighted by Gasteiger charge is 2.22. The molecular weight excluding hydrogens is 377 g/mol. The number of benzene rings is 1. The van der Waals surface area contributed by atoms with Crippen LogP contribution in [-0.2, 0) is 11.8 Å². The maximum atomic E-state index is 13.8. The molecule has 0 amide bonds. The molecule has 24 heavy (non-hydrogen) atoms. The summed E-state index contributed by atoms with van der Waals surface area (Å²) < 4.78 is 25.8. The molecule has 0 N–H and O–H groups in total. The maximum Gasteiger partial charge on any atom is 0.254 e. The molecule has 1 aromatic carbocycles. The SMILES string of the molecule is COCOc1ccc(F)cc1C(CC#CBr)c1cccn(C)c1=O. The minimum Gasteiger partial charge on any atom is -0.467 e. The molecule has 1 aromatic heterocycles. The molecule has 0 aliphatic rings. The normalized spacial score (nSPS) is 11.5. The van der Waals surface area contributed by atoms with E-state index in [4.69, 9.17) is 9.47 Å². The van der Waals surface area contributed by atoms with Crippen LogP contribution in [-0.4, -0.2) is 18.5 Å². The van der Waals surface area contributed by atoms with Crippen LogP contribution in [0.15, 0.2) is 41.3 Å². The molecule has 126 valence electrons. The first kappa shape index (κ1) is 18.2. The number of ether oxygens (including phenoxy) is 2. The van der Waals surface area contributed by atoms with Crippen molar-refractivity contribution in [2.24, 2.45) is 7.05 Å². The van der Waals surface area contributed by atoms with Crippen molar-refractivity contribution in [3.05, 3.63) is 63.8 Å². The Morgan fingerprint density at radius 3 is 2.83 bits per heavy atom. The molecule has 1 atom stereocenters. The van der Waals surface area contributed by atoms with Gasteiger partial charge in [-0.3, -0.25) is 4.79 Å². The lowest BCUT2D eigenvalue weighted by molar-refractivity contribution is 0.0502. The zero-order valence-electron chi connectivity index (χ0n) is 13.4. The highest BCUT2D eigenvalue weighted by atomic mass is 79.9. The van der Waals surface area contributed by atoms with Gasteiger partial charge in [-0.15, -0.1) is 0 Å². The van der Waals surface area contributed by atoms with Crippen molar-refractivity contribution >= 4 is 15.9 Å². The fourth-order valence-electron chi connectivity index (χ4n) is 2.46. The van der Waals surface area contributed by atoms with Crippen LogP contribution in [0.3, 0.4) is 0 Å². The molecule has 0 bridgehead atoms. The van der Waals surface area contributed by atoms with Crippen molar-refractivity contribution in [1.29, 1.82) is 0 Å². The van der Waals surface area contributed by atoms with Gasteiger partial charge in [-0.25, -0.2) is 4.39 Å². The Morgan fingerprint density at radius 2 is 2.12 bits per heavy atom. The molecular formula is C18H17BrFNO3. The van der Waals surface area contributed by atoms with E-state index in [0.717, 1.165) is 0 Å². The summed E-state index contributed by atoms with van der Waals surface area (Å²) in [5.74, 6) is 2.55. The van der Waals surface area contributed by atoms with Crippen molar-refractivity contribution in [2.45, 2.75) is 12.3 Å². The third-order valence-electron chi connectivity index (χ3n) is 3.58. The summed E-state index contributed by atoms with van der Waals surface area (Å²) in [7, 11) is 3.18. The van der Waals surface area contributed by atoms with E-state index in [9.17, 15) is 9.18 Å². The fraction of sp³-hybridized carbons (Fsp3) is 0.278. The Bertz CT molecular complexity index is 823. The summed E-state index contributed by atoms with van der Waals surface area (Å²) in [5, 5.41) is 0. The van der Waals surface area contributed by atoms with Crippen molar-refractivity contribution in [1.82, 2.24) is 4.57 Å². The van der Waals surface area contributed by atoms with Gasteiger partial charge in [-0.05, 0) is 29.1 Å². The van der Waals surface area contributed by atoms with Crippen molar-refractivity contribution in [3.63, 3.8) is 0 Å². The second kappa shape index (κ2) is 8.67. The first-order valence-corrected chi connectivity index (χ1v) is 8.03. The molecule has 0 spiro atoms. The number of nitrogens with zero attached hydrogens (tertiary/aromatic N) is 1. The van der Waals surface area contributed by atoms with Gasteiger partial charge in [-0.2, -0.15) is 0 Å². The monoisotopic (exact) mass is 393 g/mol. The first-order chi connectivity index (χ1) is 11.6. The maximum absolute atomic E-state index is 13.8. The van der Waals surface area contributed by atoms with E-state index in [-0.39, 0.29) is 12.4 Å². The minimum absolute atomic E-state index is 0.0300. The number of pyridine rings is 1. The average molecular weight is 394 g/mol. The van der Waals surface area contributed by atoms with Gasteiger partial charge in [0.1, 0.15) is 11.6 Å². The summed E-state index contributed by atoms with van der Waals surface area (Å²) in [4.78, 5) is 15.1. The molecule has 1 heterocycles. The van der Waals surface area contributed by atoms with Crippen molar-refractivity contribution < 1.29 is 13.9 Å². The summed E-state index contributed by atoms with van der Waals surface area (Å²) >= 11 is 3.06. The largest absolute Gasteiger partial charge is 0.467 e. The molecule has 0 aliphatic heterocycles. The van der Waals surface area contributed by atoms with Crippen LogP contribution in [0, 0.1) is 16.6 Å². The zero-order valence-corrected chi connectivity index (χ0v) is 15.0. The first-order valence-electron chi connectivity index (χ1n) is 7.23. The molecule has 0 aliphatic carbocycles. The van der Waals surface area contributed by atoms with Gasteiger partial charge >= 0.3 is 0 Å². The lowest BCUT2D eigenvalue weighted by Crippen LogP contribution is -2.23. The van der Waals surface area contributed by atoms with Gasteiger partial charge in [-0.1, -0.05) is 12.0 Å². The highest BCUT2D eigenvalue weighted by molar-refractivity contribution is 9.12. The Balaban J connectivity index is 2.59. The third kappa shape index (κ3) is 4.25. The number of hydrogen-bond acceptors (Lipinski definition) is 3. The molecule has 0 radical (unpaired) electrons. The second-order valence-electron chi connectivity index (χ2n) is 5.14. The summed E-state index contributed by atoms with van der Waals surface area (Å²) in [6, 6.07) is 7.72. The van der Waals surface area contributed by atoms with Crippen molar-refractivity contribution in [2.75, 3.05) is 13.9 Å². The number of halogens is 2. The summed E-state index contributed by atoms with van der Waals surface area (Å²) in [6.07, 6.45) is 2.02. The molecule has 2 rings (SSSR count). The van der Waals surface area contributed by atoms with Crippen molar-refractivity contribution in [3.8, 4) is 16.5 Å². The van der Waals surface area contributed by atoms with Gasteiger partial charge in [0.2, 0.25) is 0 Å². The van der Waals surface area contributed by atoms with Crippen LogP contribution in [0.5, 0.6) is 5.75 Å². The van der Waals surface area contributed by atoms with Gasteiger partial charge in [0, 0.05) is 59.7 Å². The Kier molecular flexibility index (Phi) is 6.59. The highest BCUT2D eigenvalue weighted by Crippen LogP contribution is 2.33. The van der Waals surface area contributed by atoms with Gasteiger partial charge < -0.3 is 14.0 Å². The molecule has 0 saturated carbocycles. The Labute approximate surface area is 148 Å². The molecule has 2 aromatic rings. The number of aryl methyl sites for hydroxylation is 1. The van der Waals surface area contributed by atoms with E-state index in [0.29, 0.717) is 23.3 Å². The molecule has 0 fully saturated rings. The topological polar surface area (TPSA) is 40.5 Å². The van der Waals surface area contributed by atoms with E-state index in [1.54, 1.807) is 25.4 Å². The number of aromatic nitrogens is 1. The van der Waals surface area contributed by atoms with E-state index in [1.807, 2.05) is 0 Å². The predicted molar refractivity (Wildman–Crippen MR) is 93.8 cm³/mol. The Morgan fingerprint density at radius 1 is 1.33 bits per heavy atom. The molecule has 4 nitrogen and oxygen atoms in total. The third-order valence-corrected chi connectivity index (χ3v) is 3.86. The average Bonchev–Trinajstić information content (AvgIpc) is 2.58. The number of methoxy groups -OCH3 is 1. The smallest absolute Gasteiger partial charge is 0.254 e. The van der Waals surface area contributed by atoms with Gasteiger partial charge in [0.25, 0.3) is 5.56 Å². The van der Waals surface area contributed by atoms with Crippen LogP contribution < -0.4 is 10.3 Å². The van der Waals surface area contributed by atoms with E-state index in [1.165, 1.54) is 29.9 Å². The zero-order chi connectivity index (χ0) is 17.5. The minimum atomic E-state index is -0.419. The lowest BCUT2D eigenvalue weighted by Gasteiger charge is -2.19. The van der Waals surface area contributed by atoms with Gasteiger partial charge in [0.15, 0.2) is 6.79 Å². The molecule has 1 unspecified atom stereocenters. The second-order valence-corrected chi connectivity index (χ2v) is 5.54. The predicted octanol–water partition coefficient (Wildman–Crippen LogP) is 3.38. The molecule has 0 saturated heterocycles. The molecule has 6 heteroatoms. The van der Waals surface area contributed by atoms with Crippen LogP contribution >= 0.6 is 15.9 Å². The quantitative estimate of drug-likeness (QED) is 0.557. The lowest BCUT2D eigenvalue weighted by atomic mass is 9.88. The standard InChI is InChI=1S/C18H17BrFNO3/c1-21-10-4-6-15(18(21)22)14(5-3-9-19)16-11-13(20)7-8-17(16)24-12-23-2/h4,6-8,10-11,14H,5,12H2,1-2H3. The van der Waals surface area contributed by atoms with E-state index in [2.05, 4.69) is 26.7 Å². The van der Waals surface area contributed by atoms with Crippen LogP contribution in [0.2, 0.25) is 0 Å². The van der Waals surface area contributed by atoms with Gasteiger partial charge in [0.05, 0.1) is 0 Å². The van der Waals surface area contributed by atoms with E-state index < -0.39 is 11.7 Å². The summed E-state index contributed by atoms with van der Waals surface area (Å²) in [6.45, 7) is 0.0300.